The Morgan fingerprint density at radius 2 is 1.83 bits per heavy atom. The van der Waals surface area contributed by atoms with Crippen molar-refractivity contribution < 1.29 is 9.59 Å². The molecule has 2 N–H and O–H groups in total. The van der Waals surface area contributed by atoms with Crippen LogP contribution in [0.4, 0.5) is 0 Å². The van der Waals surface area contributed by atoms with Crippen LogP contribution in [-0.2, 0) is 7.05 Å². The molecule has 0 saturated carbocycles. The van der Waals surface area contributed by atoms with Gasteiger partial charge in [0.15, 0.2) is 5.69 Å². The number of pyridine rings is 1. The quantitative estimate of drug-likeness (QED) is 0.699. The number of carbonyl (C=O) groups is 2. The second-order valence-electron chi connectivity index (χ2n) is 5.08. The molecule has 116 valence electrons. The summed E-state index contributed by atoms with van der Waals surface area (Å²) in [7, 11) is 1.74. The maximum absolute atomic E-state index is 12.3. The van der Waals surface area contributed by atoms with Crippen molar-refractivity contribution >= 4 is 22.6 Å². The topological polar surface area (TPSA) is 88.9 Å². The first-order valence-corrected chi connectivity index (χ1v) is 7.01. The Labute approximate surface area is 132 Å². The highest BCUT2D eigenvalue weighted by atomic mass is 16.2. The van der Waals surface area contributed by atoms with Gasteiger partial charge in [0.2, 0.25) is 0 Å². The van der Waals surface area contributed by atoms with Gasteiger partial charge in [-0.1, -0.05) is 24.3 Å². The van der Waals surface area contributed by atoms with Gasteiger partial charge < -0.3 is 0 Å². The third-order valence-electron chi connectivity index (χ3n) is 3.52. The molecule has 0 fully saturated rings. The number of amides is 2. The van der Waals surface area contributed by atoms with Gasteiger partial charge in [-0.3, -0.25) is 30.1 Å². The number of hydrogen-bond donors (Lipinski definition) is 2. The van der Waals surface area contributed by atoms with Gasteiger partial charge in [0.1, 0.15) is 5.69 Å². The minimum Gasteiger partial charge on any atom is -0.272 e. The van der Waals surface area contributed by atoms with Crippen LogP contribution in [0.2, 0.25) is 0 Å². The molecule has 3 rings (SSSR count). The summed E-state index contributed by atoms with van der Waals surface area (Å²) in [5.74, 6) is -0.968. The van der Waals surface area contributed by atoms with Crippen molar-refractivity contribution in [3.8, 4) is 0 Å². The molecule has 7 heteroatoms. The largest absolute Gasteiger partial charge is 0.290 e. The third kappa shape index (κ3) is 2.89. The molecule has 23 heavy (non-hydrogen) atoms. The molecule has 2 heterocycles. The van der Waals surface area contributed by atoms with Crippen molar-refractivity contribution in [2.24, 2.45) is 7.05 Å². The number of aryl methyl sites for hydroxylation is 2. The molecule has 0 atom stereocenters. The van der Waals surface area contributed by atoms with E-state index in [-0.39, 0.29) is 11.4 Å². The molecule has 0 bridgehead atoms. The van der Waals surface area contributed by atoms with Crippen molar-refractivity contribution in [3.63, 3.8) is 0 Å². The fraction of sp³-hybridized carbons (Fsp3) is 0.125. The molecule has 0 unspecified atom stereocenters. The van der Waals surface area contributed by atoms with Gasteiger partial charge >= 0.3 is 0 Å². The number of hydrogen-bond acceptors (Lipinski definition) is 4. The zero-order valence-corrected chi connectivity index (χ0v) is 12.7. The van der Waals surface area contributed by atoms with Crippen LogP contribution in [0.3, 0.4) is 0 Å². The molecule has 0 spiro atoms. The van der Waals surface area contributed by atoms with Gasteiger partial charge in [-0.05, 0) is 24.4 Å². The zero-order valence-electron chi connectivity index (χ0n) is 12.7. The summed E-state index contributed by atoms with van der Waals surface area (Å²) in [4.78, 5) is 28.3. The summed E-state index contributed by atoms with van der Waals surface area (Å²) in [5.41, 5.74) is 6.04. The van der Waals surface area contributed by atoms with E-state index in [1.165, 1.54) is 0 Å². The first-order chi connectivity index (χ1) is 11.1. The van der Waals surface area contributed by atoms with E-state index in [2.05, 4.69) is 20.9 Å². The molecule has 1 aromatic carbocycles. The standard InChI is InChI=1S/C16H15N5O2/c1-10-9-13(20-21(10)2)15(22)18-19-16(23)14-12-6-4-3-5-11(12)7-8-17-14/h3-9H,1-2H3,(H,18,22)(H,19,23). The van der Waals surface area contributed by atoms with E-state index in [0.717, 1.165) is 16.5 Å². The van der Waals surface area contributed by atoms with Gasteiger partial charge in [0, 0.05) is 24.3 Å². The van der Waals surface area contributed by atoms with E-state index in [1.807, 2.05) is 31.2 Å². The molecule has 0 aliphatic rings. The number of benzene rings is 1. The van der Waals surface area contributed by atoms with Crippen LogP contribution >= 0.6 is 0 Å². The Morgan fingerprint density at radius 3 is 2.57 bits per heavy atom. The van der Waals surface area contributed by atoms with E-state index < -0.39 is 11.8 Å². The molecule has 0 saturated heterocycles. The first-order valence-electron chi connectivity index (χ1n) is 7.01. The van der Waals surface area contributed by atoms with E-state index in [4.69, 9.17) is 0 Å². The number of nitrogens with one attached hydrogen (secondary N) is 2. The molecule has 7 nitrogen and oxygen atoms in total. The molecule has 0 aliphatic carbocycles. The maximum Gasteiger partial charge on any atom is 0.290 e. The predicted molar refractivity (Wildman–Crippen MR) is 84.6 cm³/mol. The van der Waals surface area contributed by atoms with Gasteiger partial charge in [-0.15, -0.1) is 0 Å². The number of hydrazine groups is 1. The van der Waals surface area contributed by atoms with Crippen LogP contribution < -0.4 is 10.9 Å². The highest BCUT2D eigenvalue weighted by Gasteiger charge is 2.15. The number of rotatable bonds is 2. The van der Waals surface area contributed by atoms with Crippen LogP contribution in [0.25, 0.3) is 10.8 Å². The zero-order chi connectivity index (χ0) is 16.4. The number of nitrogens with zero attached hydrogens (tertiary/aromatic N) is 3. The summed E-state index contributed by atoms with van der Waals surface area (Å²) < 4.78 is 1.59. The maximum atomic E-state index is 12.3. The lowest BCUT2D eigenvalue weighted by atomic mass is 10.1. The summed E-state index contributed by atoms with van der Waals surface area (Å²) >= 11 is 0. The smallest absolute Gasteiger partial charge is 0.272 e. The number of carbonyl (C=O) groups excluding carboxylic acids is 2. The highest BCUT2D eigenvalue weighted by Crippen LogP contribution is 2.15. The Kier molecular flexibility index (Phi) is 3.76. The molecular formula is C16H15N5O2. The summed E-state index contributed by atoms with van der Waals surface area (Å²) in [5, 5.41) is 5.67. The summed E-state index contributed by atoms with van der Waals surface area (Å²) in [6.07, 6.45) is 1.56. The van der Waals surface area contributed by atoms with Crippen LogP contribution in [0.1, 0.15) is 26.7 Å². The SMILES string of the molecule is Cc1cc(C(=O)NNC(=O)c2nccc3ccccc23)nn1C. The fourth-order valence-corrected chi connectivity index (χ4v) is 2.21. The lowest BCUT2D eigenvalue weighted by Crippen LogP contribution is -2.42. The van der Waals surface area contributed by atoms with E-state index in [0.29, 0.717) is 0 Å². The molecule has 2 amide bonds. The number of aromatic nitrogens is 3. The Morgan fingerprint density at radius 1 is 1.09 bits per heavy atom. The normalized spacial score (nSPS) is 10.5. The van der Waals surface area contributed by atoms with E-state index >= 15 is 0 Å². The Bertz CT molecular complexity index is 876. The summed E-state index contributed by atoms with van der Waals surface area (Å²) in [6.45, 7) is 1.84. The molecule has 0 radical (unpaired) electrons. The average Bonchev–Trinajstić information content (AvgIpc) is 2.91. The monoisotopic (exact) mass is 309 g/mol. The third-order valence-corrected chi connectivity index (χ3v) is 3.52. The average molecular weight is 309 g/mol. The molecule has 3 aromatic rings. The lowest BCUT2D eigenvalue weighted by molar-refractivity contribution is 0.0842. The van der Waals surface area contributed by atoms with Crippen LogP contribution in [0.5, 0.6) is 0 Å². The predicted octanol–water partition coefficient (Wildman–Crippen LogP) is 1.35. The Balaban J connectivity index is 1.75. The molecular weight excluding hydrogens is 294 g/mol. The molecule has 0 aliphatic heterocycles. The van der Waals surface area contributed by atoms with Gasteiger partial charge in [0.05, 0.1) is 0 Å². The van der Waals surface area contributed by atoms with Crippen LogP contribution in [0.15, 0.2) is 42.6 Å². The van der Waals surface area contributed by atoms with E-state index in [9.17, 15) is 9.59 Å². The van der Waals surface area contributed by atoms with Crippen molar-refractivity contribution in [2.75, 3.05) is 0 Å². The van der Waals surface area contributed by atoms with E-state index in [1.54, 1.807) is 30.1 Å². The second-order valence-corrected chi connectivity index (χ2v) is 5.08. The minimum absolute atomic E-state index is 0.233. The van der Waals surface area contributed by atoms with Crippen molar-refractivity contribution in [1.29, 1.82) is 0 Å². The van der Waals surface area contributed by atoms with Gasteiger partial charge in [-0.2, -0.15) is 5.10 Å². The fourth-order valence-electron chi connectivity index (χ4n) is 2.21. The van der Waals surface area contributed by atoms with Crippen LogP contribution in [0, 0.1) is 6.92 Å². The highest BCUT2D eigenvalue weighted by molar-refractivity contribution is 6.06. The van der Waals surface area contributed by atoms with Crippen molar-refractivity contribution in [3.05, 3.63) is 59.7 Å². The molecule has 2 aromatic heterocycles. The lowest BCUT2D eigenvalue weighted by Gasteiger charge is -2.07. The number of fused-ring (bicyclic) bond motifs is 1. The minimum atomic E-state index is -0.484. The van der Waals surface area contributed by atoms with Gasteiger partial charge in [-0.25, -0.2) is 0 Å². The van der Waals surface area contributed by atoms with Crippen LogP contribution in [-0.4, -0.2) is 26.6 Å². The van der Waals surface area contributed by atoms with Gasteiger partial charge in [0.25, 0.3) is 11.8 Å². The Hall–Kier alpha value is -3.22. The van der Waals surface area contributed by atoms with Crippen molar-refractivity contribution in [1.82, 2.24) is 25.6 Å². The first kappa shape index (κ1) is 14.7. The second kappa shape index (κ2) is 5.88. The van der Waals surface area contributed by atoms with Crippen molar-refractivity contribution in [2.45, 2.75) is 6.92 Å². The summed E-state index contributed by atoms with van der Waals surface area (Å²) in [6, 6.07) is 10.9.